The summed E-state index contributed by atoms with van der Waals surface area (Å²) >= 11 is 0. The summed E-state index contributed by atoms with van der Waals surface area (Å²) in [6.45, 7) is 2.05. The summed E-state index contributed by atoms with van der Waals surface area (Å²) < 4.78 is 10.5. The van der Waals surface area contributed by atoms with Gasteiger partial charge in [0.25, 0.3) is 11.8 Å². The third kappa shape index (κ3) is 2.94. The van der Waals surface area contributed by atoms with E-state index in [1.165, 1.54) is 6.20 Å². The standard InChI is InChI=1S/C20H20N4O4/c25-18(16-9-13-1-5-21-12-17(13)27-16)22-11-14-10-20(14)3-7-24(8-4-20)19(26)15-2-6-23-28-15/h1-2,5-6,9,12,14H,3-4,7-8,10-11H2,(H,22,25). The van der Waals surface area contributed by atoms with E-state index in [9.17, 15) is 9.59 Å². The predicted molar refractivity (Wildman–Crippen MR) is 98.5 cm³/mol. The lowest BCUT2D eigenvalue weighted by molar-refractivity contribution is 0.0627. The molecule has 5 rings (SSSR count). The zero-order chi connectivity index (χ0) is 19.1. The van der Waals surface area contributed by atoms with E-state index in [4.69, 9.17) is 8.94 Å². The Balaban J connectivity index is 1.14. The Morgan fingerprint density at radius 3 is 2.82 bits per heavy atom. The van der Waals surface area contributed by atoms with Gasteiger partial charge < -0.3 is 19.2 Å². The molecule has 1 aliphatic heterocycles. The number of pyridine rings is 1. The second kappa shape index (κ2) is 6.47. The Labute approximate surface area is 160 Å². The lowest BCUT2D eigenvalue weighted by Crippen LogP contribution is -2.40. The van der Waals surface area contributed by atoms with Gasteiger partial charge in [-0.2, -0.15) is 0 Å². The number of carbonyl (C=O) groups is 2. The molecule has 1 atom stereocenters. The minimum Gasteiger partial charge on any atom is -0.449 e. The average Bonchev–Trinajstić information content (AvgIpc) is 3.13. The summed E-state index contributed by atoms with van der Waals surface area (Å²) in [4.78, 5) is 30.6. The van der Waals surface area contributed by atoms with Gasteiger partial charge in [0.15, 0.2) is 11.3 Å². The van der Waals surface area contributed by atoms with E-state index in [-0.39, 0.29) is 23.0 Å². The number of hydrogen-bond donors (Lipinski definition) is 1. The number of furan rings is 1. The number of aromatic nitrogens is 2. The fourth-order valence-electron chi connectivity index (χ4n) is 4.27. The van der Waals surface area contributed by atoms with Crippen LogP contribution < -0.4 is 5.32 Å². The molecular weight excluding hydrogens is 360 g/mol. The van der Waals surface area contributed by atoms with Crippen LogP contribution in [0.2, 0.25) is 0 Å². The number of rotatable bonds is 4. The third-order valence-electron chi connectivity index (χ3n) is 6.11. The largest absolute Gasteiger partial charge is 0.449 e. The number of nitrogens with one attached hydrogen (secondary N) is 1. The Morgan fingerprint density at radius 2 is 2.07 bits per heavy atom. The molecule has 28 heavy (non-hydrogen) atoms. The van der Waals surface area contributed by atoms with Crippen molar-refractivity contribution in [2.24, 2.45) is 11.3 Å². The summed E-state index contributed by atoms with van der Waals surface area (Å²) in [6, 6.07) is 5.15. The summed E-state index contributed by atoms with van der Waals surface area (Å²) in [5, 5.41) is 7.46. The molecule has 3 aromatic rings. The van der Waals surface area contributed by atoms with Crippen molar-refractivity contribution in [3.63, 3.8) is 0 Å². The second-order valence-corrected chi connectivity index (χ2v) is 7.67. The zero-order valence-corrected chi connectivity index (χ0v) is 15.3. The Morgan fingerprint density at radius 1 is 1.21 bits per heavy atom. The molecule has 8 nitrogen and oxygen atoms in total. The first-order chi connectivity index (χ1) is 13.6. The van der Waals surface area contributed by atoms with E-state index in [2.05, 4.69) is 15.5 Å². The molecule has 2 aliphatic rings. The number of hydrogen-bond acceptors (Lipinski definition) is 6. The molecule has 0 radical (unpaired) electrons. The Kier molecular flexibility index (Phi) is 3.92. The predicted octanol–water partition coefficient (Wildman–Crippen LogP) is 2.49. The lowest BCUT2D eigenvalue weighted by atomic mass is 9.90. The van der Waals surface area contributed by atoms with Crippen molar-refractivity contribution in [3.8, 4) is 0 Å². The number of fused-ring (bicyclic) bond motifs is 1. The van der Waals surface area contributed by atoms with Crippen LogP contribution in [0.3, 0.4) is 0 Å². The maximum atomic E-state index is 12.4. The molecule has 1 N–H and O–H groups in total. The first kappa shape index (κ1) is 17.0. The van der Waals surface area contributed by atoms with Gasteiger partial charge in [0.1, 0.15) is 0 Å². The van der Waals surface area contributed by atoms with Crippen molar-refractivity contribution >= 4 is 22.8 Å². The normalized spacial score (nSPS) is 20.4. The minimum atomic E-state index is -0.198. The van der Waals surface area contributed by atoms with Crippen molar-refractivity contribution in [1.82, 2.24) is 20.4 Å². The number of likely N-dealkylation sites (tertiary alicyclic amines) is 1. The summed E-state index contributed by atoms with van der Waals surface area (Å²) in [5.41, 5.74) is 0.850. The smallest absolute Gasteiger partial charge is 0.292 e. The molecule has 1 spiro atoms. The monoisotopic (exact) mass is 380 g/mol. The molecule has 4 heterocycles. The summed E-state index contributed by atoms with van der Waals surface area (Å²) in [6.07, 6.45) is 7.74. The molecule has 1 aliphatic carbocycles. The van der Waals surface area contributed by atoms with Crippen LogP contribution in [-0.4, -0.2) is 46.5 Å². The Bertz CT molecular complexity index is 985. The van der Waals surface area contributed by atoms with Crippen molar-refractivity contribution in [2.75, 3.05) is 19.6 Å². The molecule has 0 bridgehead atoms. The molecule has 1 saturated heterocycles. The van der Waals surface area contributed by atoms with Gasteiger partial charge in [-0.1, -0.05) is 5.16 Å². The summed E-state index contributed by atoms with van der Waals surface area (Å²) in [5.74, 6) is 0.750. The third-order valence-corrected chi connectivity index (χ3v) is 6.11. The highest BCUT2D eigenvalue weighted by molar-refractivity contribution is 5.95. The molecule has 3 aromatic heterocycles. The molecular formula is C20H20N4O4. The van der Waals surface area contributed by atoms with Crippen LogP contribution in [-0.2, 0) is 0 Å². The van der Waals surface area contributed by atoms with Crippen molar-refractivity contribution < 1.29 is 18.5 Å². The van der Waals surface area contributed by atoms with Gasteiger partial charge in [-0.05, 0) is 42.7 Å². The highest BCUT2D eigenvalue weighted by atomic mass is 16.5. The van der Waals surface area contributed by atoms with Crippen LogP contribution in [0.4, 0.5) is 0 Å². The number of nitrogens with zero attached hydrogens (tertiary/aromatic N) is 3. The second-order valence-electron chi connectivity index (χ2n) is 7.67. The fraction of sp³-hybridized carbons (Fsp3) is 0.400. The first-order valence-electron chi connectivity index (χ1n) is 9.46. The van der Waals surface area contributed by atoms with E-state index >= 15 is 0 Å². The highest BCUT2D eigenvalue weighted by Gasteiger charge is 2.55. The van der Waals surface area contributed by atoms with E-state index in [0.717, 1.165) is 24.6 Å². The fourth-order valence-corrected chi connectivity index (χ4v) is 4.27. The van der Waals surface area contributed by atoms with Gasteiger partial charge in [-0.15, -0.1) is 0 Å². The van der Waals surface area contributed by atoms with Crippen molar-refractivity contribution in [3.05, 3.63) is 48.3 Å². The van der Waals surface area contributed by atoms with Crippen LogP contribution in [0.5, 0.6) is 0 Å². The van der Waals surface area contributed by atoms with Crippen LogP contribution in [0.1, 0.15) is 40.4 Å². The van der Waals surface area contributed by atoms with Gasteiger partial charge in [-0.25, -0.2) is 0 Å². The van der Waals surface area contributed by atoms with E-state index in [1.54, 1.807) is 24.5 Å². The molecule has 2 fully saturated rings. The maximum Gasteiger partial charge on any atom is 0.292 e. The number of carbonyl (C=O) groups excluding carboxylic acids is 2. The van der Waals surface area contributed by atoms with Gasteiger partial charge in [0.2, 0.25) is 5.76 Å². The van der Waals surface area contributed by atoms with Crippen LogP contribution in [0.15, 0.2) is 45.7 Å². The van der Waals surface area contributed by atoms with Gasteiger partial charge >= 0.3 is 0 Å². The average molecular weight is 380 g/mol. The van der Waals surface area contributed by atoms with Crippen molar-refractivity contribution in [2.45, 2.75) is 19.3 Å². The van der Waals surface area contributed by atoms with Gasteiger partial charge in [0, 0.05) is 37.3 Å². The molecule has 0 aromatic carbocycles. The van der Waals surface area contributed by atoms with Crippen LogP contribution in [0.25, 0.3) is 11.0 Å². The molecule has 8 heteroatoms. The van der Waals surface area contributed by atoms with Crippen LogP contribution in [0, 0.1) is 11.3 Å². The van der Waals surface area contributed by atoms with Crippen LogP contribution >= 0.6 is 0 Å². The number of amides is 2. The SMILES string of the molecule is O=C(NCC1CC12CCN(C(=O)c1ccno1)CC2)c1cc2ccncc2o1. The van der Waals surface area contributed by atoms with E-state index in [0.29, 0.717) is 36.9 Å². The first-order valence-corrected chi connectivity index (χ1v) is 9.46. The van der Waals surface area contributed by atoms with Gasteiger partial charge in [-0.3, -0.25) is 14.6 Å². The molecule has 1 saturated carbocycles. The topological polar surface area (TPSA) is 101 Å². The van der Waals surface area contributed by atoms with E-state index < -0.39 is 0 Å². The maximum absolute atomic E-state index is 12.4. The minimum absolute atomic E-state index is 0.0998. The molecule has 1 unspecified atom stereocenters. The lowest BCUT2D eigenvalue weighted by Gasteiger charge is -2.32. The molecule has 2 amide bonds. The summed E-state index contributed by atoms with van der Waals surface area (Å²) in [7, 11) is 0. The Hall–Kier alpha value is -3.16. The molecule has 144 valence electrons. The number of piperidine rings is 1. The van der Waals surface area contributed by atoms with Gasteiger partial charge in [0.05, 0.1) is 12.4 Å². The quantitative estimate of drug-likeness (QED) is 0.746. The van der Waals surface area contributed by atoms with E-state index in [1.807, 2.05) is 11.0 Å². The highest BCUT2D eigenvalue weighted by Crippen LogP contribution is 2.59. The van der Waals surface area contributed by atoms with Crippen molar-refractivity contribution in [1.29, 1.82) is 0 Å². The zero-order valence-electron chi connectivity index (χ0n) is 15.3.